The molecular formula is C13H22FN3S. The van der Waals surface area contributed by atoms with Gasteiger partial charge >= 0.3 is 0 Å². The summed E-state index contributed by atoms with van der Waals surface area (Å²) in [7, 11) is 0. The molecule has 0 aliphatic heterocycles. The van der Waals surface area contributed by atoms with E-state index in [1.165, 1.54) is 0 Å². The molecule has 102 valence electrons. The lowest BCUT2D eigenvalue weighted by molar-refractivity contribution is 0.601. The van der Waals surface area contributed by atoms with Gasteiger partial charge in [-0.3, -0.25) is 0 Å². The molecule has 0 amide bonds. The van der Waals surface area contributed by atoms with Crippen LogP contribution in [0.4, 0.5) is 10.2 Å². The molecule has 0 aliphatic carbocycles. The summed E-state index contributed by atoms with van der Waals surface area (Å²) in [6.07, 6.45) is 0.944. The molecule has 0 spiro atoms. The predicted octanol–water partition coefficient (Wildman–Crippen LogP) is 3.64. The van der Waals surface area contributed by atoms with Crippen molar-refractivity contribution in [2.75, 3.05) is 17.6 Å². The molecule has 0 atom stereocenters. The van der Waals surface area contributed by atoms with Crippen molar-refractivity contribution in [1.29, 1.82) is 0 Å². The number of aromatic nitrogens is 2. The van der Waals surface area contributed by atoms with Crippen molar-refractivity contribution in [1.82, 2.24) is 9.97 Å². The number of nitrogens with zero attached hydrogens (tertiary/aromatic N) is 2. The molecule has 5 heteroatoms. The summed E-state index contributed by atoms with van der Waals surface area (Å²) in [5, 5.41) is 3.01. The normalized spacial score (nSPS) is 11.0. The monoisotopic (exact) mass is 271 g/mol. The fraction of sp³-hybridized carbons (Fsp3) is 0.692. The second-order valence-electron chi connectivity index (χ2n) is 4.72. The zero-order valence-corrected chi connectivity index (χ0v) is 12.4. The van der Waals surface area contributed by atoms with Gasteiger partial charge in [-0.15, -0.1) is 0 Å². The van der Waals surface area contributed by atoms with Crippen LogP contribution < -0.4 is 5.32 Å². The molecule has 18 heavy (non-hydrogen) atoms. The lowest BCUT2D eigenvalue weighted by Crippen LogP contribution is -2.09. The molecule has 0 bridgehead atoms. The van der Waals surface area contributed by atoms with E-state index in [9.17, 15) is 4.39 Å². The van der Waals surface area contributed by atoms with Gasteiger partial charge in [-0.1, -0.05) is 20.8 Å². The van der Waals surface area contributed by atoms with Crippen LogP contribution in [0.5, 0.6) is 0 Å². The fourth-order valence-corrected chi connectivity index (χ4v) is 2.33. The number of hydrogen-bond acceptors (Lipinski definition) is 4. The Morgan fingerprint density at radius 3 is 2.67 bits per heavy atom. The summed E-state index contributed by atoms with van der Waals surface area (Å²) >= 11 is 1.79. The highest BCUT2D eigenvalue weighted by Crippen LogP contribution is 2.18. The largest absolute Gasteiger partial charge is 0.368 e. The van der Waals surface area contributed by atoms with E-state index in [1.54, 1.807) is 18.7 Å². The highest BCUT2D eigenvalue weighted by Gasteiger charge is 2.11. The zero-order valence-electron chi connectivity index (χ0n) is 11.6. The SMILES string of the molecule is CCCNc1nc(CSCC(C)C)nc(C)c1F. The van der Waals surface area contributed by atoms with Gasteiger partial charge in [-0.25, -0.2) is 14.4 Å². The Morgan fingerprint density at radius 1 is 1.33 bits per heavy atom. The first-order valence-electron chi connectivity index (χ1n) is 6.39. The van der Waals surface area contributed by atoms with Gasteiger partial charge in [0.25, 0.3) is 0 Å². The van der Waals surface area contributed by atoms with Gasteiger partial charge in [0.05, 0.1) is 11.4 Å². The van der Waals surface area contributed by atoms with Crippen LogP contribution in [0.3, 0.4) is 0 Å². The van der Waals surface area contributed by atoms with Crippen LogP contribution in [0.15, 0.2) is 0 Å². The average Bonchev–Trinajstić information content (AvgIpc) is 2.31. The molecule has 0 aliphatic rings. The number of rotatable bonds is 7. The Kier molecular flexibility index (Phi) is 6.39. The average molecular weight is 271 g/mol. The predicted molar refractivity (Wildman–Crippen MR) is 76.5 cm³/mol. The summed E-state index contributed by atoms with van der Waals surface area (Å²) in [4.78, 5) is 8.44. The van der Waals surface area contributed by atoms with Crippen molar-refractivity contribution in [3.05, 3.63) is 17.3 Å². The van der Waals surface area contributed by atoms with Crippen LogP contribution in [0, 0.1) is 18.7 Å². The van der Waals surface area contributed by atoms with Crippen LogP contribution in [0.2, 0.25) is 0 Å². The minimum Gasteiger partial charge on any atom is -0.368 e. The molecule has 0 radical (unpaired) electrons. The van der Waals surface area contributed by atoms with Gasteiger partial charge in [0.2, 0.25) is 0 Å². The van der Waals surface area contributed by atoms with Crippen LogP contribution in [-0.4, -0.2) is 22.3 Å². The number of nitrogens with one attached hydrogen (secondary N) is 1. The van der Waals surface area contributed by atoms with Crippen LogP contribution in [0.1, 0.15) is 38.7 Å². The molecular weight excluding hydrogens is 249 g/mol. The number of anilines is 1. The molecule has 0 unspecified atom stereocenters. The van der Waals surface area contributed by atoms with Crippen molar-refractivity contribution in [2.45, 2.75) is 39.9 Å². The van der Waals surface area contributed by atoms with Crippen molar-refractivity contribution < 1.29 is 4.39 Å². The molecule has 1 aromatic rings. The molecule has 0 aromatic carbocycles. The molecule has 0 saturated heterocycles. The maximum Gasteiger partial charge on any atom is 0.186 e. The lowest BCUT2D eigenvalue weighted by Gasteiger charge is -2.10. The summed E-state index contributed by atoms with van der Waals surface area (Å²) in [6, 6.07) is 0. The third-order valence-corrected chi connectivity index (χ3v) is 3.65. The van der Waals surface area contributed by atoms with E-state index in [2.05, 4.69) is 29.1 Å². The highest BCUT2D eigenvalue weighted by molar-refractivity contribution is 7.98. The molecule has 1 aromatic heterocycles. The maximum atomic E-state index is 13.8. The molecule has 3 nitrogen and oxygen atoms in total. The van der Waals surface area contributed by atoms with Gasteiger partial charge in [-0.05, 0) is 25.0 Å². The van der Waals surface area contributed by atoms with E-state index < -0.39 is 0 Å². The molecule has 0 saturated carbocycles. The van der Waals surface area contributed by atoms with E-state index >= 15 is 0 Å². The first kappa shape index (κ1) is 15.2. The Morgan fingerprint density at radius 2 is 2.06 bits per heavy atom. The van der Waals surface area contributed by atoms with E-state index in [0.717, 1.165) is 24.5 Å². The smallest absolute Gasteiger partial charge is 0.186 e. The third-order valence-electron chi connectivity index (χ3n) is 2.29. The van der Waals surface area contributed by atoms with Crippen molar-refractivity contribution in [3.8, 4) is 0 Å². The maximum absolute atomic E-state index is 13.8. The summed E-state index contributed by atoms with van der Waals surface area (Å²) < 4.78 is 13.8. The highest BCUT2D eigenvalue weighted by atomic mass is 32.2. The second-order valence-corrected chi connectivity index (χ2v) is 5.75. The summed E-state index contributed by atoms with van der Waals surface area (Å²) in [5.41, 5.74) is 0.420. The number of halogens is 1. The Labute approximate surface area is 113 Å². The first-order valence-corrected chi connectivity index (χ1v) is 7.54. The van der Waals surface area contributed by atoms with Crippen LogP contribution in [-0.2, 0) is 5.75 Å². The molecule has 1 N–H and O–H groups in total. The van der Waals surface area contributed by atoms with Gasteiger partial charge in [0.1, 0.15) is 5.82 Å². The standard InChI is InChI=1S/C13H22FN3S/c1-5-6-15-13-12(14)10(4)16-11(17-13)8-18-7-9(2)3/h9H,5-8H2,1-4H3,(H,15,16,17). The summed E-state index contributed by atoms with van der Waals surface area (Å²) in [5.74, 6) is 3.16. The van der Waals surface area contributed by atoms with Crippen LogP contribution >= 0.6 is 11.8 Å². The van der Waals surface area contributed by atoms with E-state index in [0.29, 0.717) is 23.3 Å². The first-order chi connectivity index (χ1) is 8.54. The van der Waals surface area contributed by atoms with Crippen LogP contribution in [0.25, 0.3) is 0 Å². The van der Waals surface area contributed by atoms with Gasteiger partial charge in [0, 0.05) is 6.54 Å². The molecule has 0 fully saturated rings. The van der Waals surface area contributed by atoms with Gasteiger partial charge in [0.15, 0.2) is 11.6 Å². The minimum atomic E-state index is -0.332. The number of thioether (sulfide) groups is 1. The number of hydrogen-bond donors (Lipinski definition) is 1. The lowest BCUT2D eigenvalue weighted by atomic mass is 10.3. The van der Waals surface area contributed by atoms with Gasteiger partial charge < -0.3 is 5.32 Å². The van der Waals surface area contributed by atoms with E-state index in [-0.39, 0.29) is 5.82 Å². The van der Waals surface area contributed by atoms with Crippen molar-refractivity contribution in [2.24, 2.45) is 5.92 Å². The van der Waals surface area contributed by atoms with Crippen molar-refractivity contribution in [3.63, 3.8) is 0 Å². The second kappa shape index (κ2) is 7.56. The van der Waals surface area contributed by atoms with Gasteiger partial charge in [-0.2, -0.15) is 11.8 Å². The van der Waals surface area contributed by atoms with Crippen molar-refractivity contribution >= 4 is 17.6 Å². The topological polar surface area (TPSA) is 37.8 Å². The zero-order chi connectivity index (χ0) is 13.5. The quantitative estimate of drug-likeness (QED) is 0.821. The Balaban J connectivity index is 2.70. The van der Waals surface area contributed by atoms with E-state index in [4.69, 9.17) is 0 Å². The molecule has 1 heterocycles. The summed E-state index contributed by atoms with van der Waals surface area (Å²) in [6.45, 7) is 8.81. The fourth-order valence-electron chi connectivity index (χ4n) is 1.43. The van der Waals surface area contributed by atoms with E-state index in [1.807, 2.05) is 6.92 Å². The molecule has 1 rings (SSSR count). The minimum absolute atomic E-state index is 0.332. The Bertz CT molecular complexity index is 383. The Hall–Kier alpha value is -0.840. The third kappa shape index (κ3) is 4.80. The number of aryl methyl sites for hydroxylation is 1.